The third-order valence-corrected chi connectivity index (χ3v) is 2.00. The highest BCUT2D eigenvalue weighted by Gasteiger charge is 2.04. The van der Waals surface area contributed by atoms with E-state index in [4.69, 9.17) is 11.6 Å². The average molecular weight is 234 g/mol. The van der Waals surface area contributed by atoms with E-state index in [0.717, 1.165) is 0 Å². The van der Waals surface area contributed by atoms with Crippen LogP contribution >= 0.6 is 11.6 Å². The number of hydrogen-bond donors (Lipinski definition) is 0. The van der Waals surface area contributed by atoms with Crippen LogP contribution in [-0.2, 0) is 15.9 Å². The van der Waals surface area contributed by atoms with Crippen LogP contribution in [0, 0.1) is 0 Å². The molecule has 0 bridgehead atoms. The second kappa shape index (κ2) is 5.09. The molecule has 0 aliphatic carbocycles. The van der Waals surface area contributed by atoms with Gasteiger partial charge in [-0.25, -0.2) is 0 Å². The Kier molecular flexibility index (Phi) is 4.06. The Balaban J connectivity index is 2.56. The standard InChI is InChI=1S/C8H7ClO4S/c9-6-1-3-7(4-2-6)13-8(10)5-14(11)12/h1-4H,5H2,(H,11,12)/p-1. The molecule has 0 amide bonds. The van der Waals surface area contributed by atoms with Gasteiger partial charge in [0.05, 0.1) is 0 Å². The van der Waals surface area contributed by atoms with Crippen LogP contribution in [0.4, 0.5) is 0 Å². The molecule has 1 unspecified atom stereocenters. The summed E-state index contributed by atoms with van der Waals surface area (Å²) in [5.41, 5.74) is 0. The van der Waals surface area contributed by atoms with Crippen LogP contribution in [0.15, 0.2) is 24.3 Å². The van der Waals surface area contributed by atoms with Gasteiger partial charge < -0.3 is 9.29 Å². The monoisotopic (exact) mass is 233 g/mol. The molecule has 1 atom stereocenters. The first-order valence-corrected chi connectivity index (χ1v) is 5.22. The predicted octanol–water partition coefficient (Wildman–Crippen LogP) is 1.12. The first-order chi connectivity index (χ1) is 6.58. The van der Waals surface area contributed by atoms with Crippen LogP contribution in [0.25, 0.3) is 0 Å². The lowest BCUT2D eigenvalue weighted by atomic mass is 10.3. The fourth-order valence-electron chi connectivity index (χ4n) is 0.760. The van der Waals surface area contributed by atoms with Crippen LogP contribution in [0.2, 0.25) is 5.02 Å². The quantitative estimate of drug-likeness (QED) is 0.446. The third kappa shape index (κ3) is 3.87. The second-order valence-corrected chi connectivity index (χ2v) is 3.71. The van der Waals surface area contributed by atoms with Crippen LogP contribution < -0.4 is 4.74 Å². The zero-order chi connectivity index (χ0) is 10.6. The van der Waals surface area contributed by atoms with E-state index in [-0.39, 0.29) is 5.75 Å². The highest BCUT2D eigenvalue weighted by Crippen LogP contribution is 2.15. The Morgan fingerprint density at radius 2 is 2.00 bits per heavy atom. The van der Waals surface area contributed by atoms with Crippen molar-refractivity contribution in [3.05, 3.63) is 29.3 Å². The highest BCUT2D eigenvalue weighted by molar-refractivity contribution is 7.79. The number of carbonyl (C=O) groups excluding carboxylic acids is 1. The summed E-state index contributed by atoms with van der Waals surface area (Å²) in [6.45, 7) is 0. The molecule has 14 heavy (non-hydrogen) atoms. The molecule has 0 aliphatic heterocycles. The van der Waals surface area contributed by atoms with Crippen molar-refractivity contribution in [3.8, 4) is 5.75 Å². The van der Waals surface area contributed by atoms with Crippen molar-refractivity contribution in [3.63, 3.8) is 0 Å². The van der Waals surface area contributed by atoms with Gasteiger partial charge in [0.25, 0.3) is 0 Å². The fourth-order valence-corrected chi connectivity index (χ4v) is 1.14. The fraction of sp³-hybridized carbons (Fsp3) is 0.125. The summed E-state index contributed by atoms with van der Waals surface area (Å²) in [4.78, 5) is 10.9. The normalized spacial score (nSPS) is 12.1. The summed E-state index contributed by atoms with van der Waals surface area (Å²) in [5.74, 6) is -1.20. The van der Waals surface area contributed by atoms with Crippen LogP contribution in [-0.4, -0.2) is 20.5 Å². The Bertz CT molecular complexity index is 349. The van der Waals surface area contributed by atoms with Crippen molar-refractivity contribution < 1.29 is 18.3 Å². The summed E-state index contributed by atoms with van der Waals surface area (Å²) < 4.78 is 25.0. The van der Waals surface area contributed by atoms with Crippen molar-refractivity contribution in [2.75, 3.05) is 5.75 Å². The van der Waals surface area contributed by atoms with Crippen LogP contribution in [0.5, 0.6) is 5.75 Å². The van der Waals surface area contributed by atoms with E-state index in [1.165, 1.54) is 12.1 Å². The van der Waals surface area contributed by atoms with Gasteiger partial charge in [-0.05, 0) is 35.3 Å². The predicted molar refractivity (Wildman–Crippen MR) is 50.9 cm³/mol. The van der Waals surface area contributed by atoms with E-state index >= 15 is 0 Å². The van der Waals surface area contributed by atoms with E-state index in [1.807, 2.05) is 0 Å². The topological polar surface area (TPSA) is 66.4 Å². The van der Waals surface area contributed by atoms with E-state index in [9.17, 15) is 13.6 Å². The number of benzene rings is 1. The van der Waals surface area contributed by atoms with Crippen LogP contribution in [0.1, 0.15) is 0 Å². The summed E-state index contributed by atoms with van der Waals surface area (Å²) in [6.07, 6.45) is 0. The Labute approximate surface area is 88.1 Å². The molecule has 0 aromatic heterocycles. The summed E-state index contributed by atoms with van der Waals surface area (Å²) in [6, 6.07) is 6.04. The van der Waals surface area contributed by atoms with Gasteiger partial charge >= 0.3 is 5.97 Å². The lowest BCUT2D eigenvalue weighted by Gasteiger charge is -2.05. The molecule has 1 aromatic rings. The number of esters is 1. The summed E-state index contributed by atoms with van der Waals surface area (Å²) in [5, 5.41) is 0.511. The average Bonchev–Trinajstić information content (AvgIpc) is 2.07. The molecule has 0 spiro atoms. The molecule has 0 saturated carbocycles. The minimum atomic E-state index is -2.42. The minimum Gasteiger partial charge on any atom is -0.772 e. The Morgan fingerprint density at radius 3 is 2.50 bits per heavy atom. The maximum Gasteiger partial charge on any atom is 0.322 e. The minimum absolute atomic E-state index is 0.268. The Morgan fingerprint density at radius 1 is 1.43 bits per heavy atom. The first-order valence-electron chi connectivity index (χ1n) is 3.60. The van der Waals surface area contributed by atoms with Crippen molar-refractivity contribution in [1.82, 2.24) is 0 Å². The summed E-state index contributed by atoms with van der Waals surface area (Å²) in [7, 11) is 0. The highest BCUT2D eigenvalue weighted by atomic mass is 35.5. The van der Waals surface area contributed by atoms with Crippen LogP contribution in [0.3, 0.4) is 0 Å². The molecule has 0 heterocycles. The molecular formula is C8H6ClO4S-. The van der Waals surface area contributed by atoms with Crippen molar-refractivity contribution in [2.45, 2.75) is 0 Å². The molecule has 6 heteroatoms. The zero-order valence-electron chi connectivity index (χ0n) is 6.94. The van der Waals surface area contributed by atoms with Gasteiger partial charge in [-0.2, -0.15) is 0 Å². The smallest absolute Gasteiger partial charge is 0.322 e. The van der Waals surface area contributed by atoms with Crippen molar-refractivity contribution in [1.29, 1.82) is 0 Å². The van der Waals surface area contributed by atoms with Gasteiger partial charge in [-0.3, -0.25) is 9.00 Å². The van der Waals surface area contributed by atoms with Crippen molar-refractivity contribution >= 4 is 28.7 Å². The lowest BCUT2D eigenvalue weighted by molar-refractivity contribution is -0.131. The molecular weight excluding hydrogens is 228 g/mol. The lowest BCUT2D eigenvalue weighted by Crippen LogP contribution is -2.16. The van der Waals surface area contributed by atoms with Gasteiger partial charge in [-0.1, -0.05) is 11.6 Å². The zero-order valence-corrected chi connectivity index (χ0v) is 8.51. The molecule has 0 fully saturated rings. The van der Waals surface area contributed by atoms with Gasteiger partial charge in [0.2, 0.25) is 0 Å². The molecule has 0 aliphatic rings. The van der Waals surface area contributed by atoms with E-state index in [0.29, 0.717) is 5.02 Å². The molecule has 0 saturated heterocycles. The van der Waals surface area contributed by atoms with Gasteiger partial charge in [-0.15, -0.1) is 0 Å². The molecule has 1 rings (SSSR count). The third-order valence-electron chi connectivity index (χ3n) is 1.28. The van der Waals surface area contributed by atoms with Crippen molar-refractivity contribution in [2.24, 2.45) is 0 Å². The number of rotatable bonds is 3. The molecule has 1 aromatic carbocycles. The van der Waals surface area contributed by atoms with Gasteiger partial charge in [0.1, 0.15) is 11.5 Å². The maximum absolute atomic E-state index is 10.9. The second-order valence-electron chi connectivity index (χ2n) is 2.38. The van der Waals surface area contributed by atoms with E-state index in [1.54, 1.807) is 12.1 Å². The SMILES string of the molecule is O=C(CS(=O)[O-])Oc1ccc(Cl)cc1. The maximum atomic E-state index is 10.9. The number of ether oxygens (including phenoxy) is 1. The number of halogens is 1. The summed E-state index contributed by atoms with van der Waals surface area (Å²) >= 11 is 3.17. The van der Waals surface area contributed by atoms with Gasteiger partial charge in [0.15, 0.2) is 0 Å². The molecule has 0 N–H and O–H groups in total. The van der Waals surface area contributed by atoms with E-state index in [2.05, 4.69) is 4.74 Å². The van der Waals surface area contributed by atoms with E-state index < -0.39 is 22.8 Å². The largest absolute Gasteiger partial charge is 0.772 e. The number of hydrogen-bond acceptors (Lipinski definition) is 4. The number of carbonyl (C=O) groups is 1. The molecule has 4 nitrogen and oxygen atoms in total. The Hall–Kier alpha value is -0.910. The molecule has 76 valence electrons. The molecule has 0 radical (unpaired) electrons. The van der Waals surface area contributed by atoms with Gasteiger partial charge in [0, 0.05) is 5.02 Å². The first kappa shape index (κ1) is 11.2.